The summed E-state index contributed by atoms with van der Waals surface area (Å²) in [4.78, 5) is 15.3. The van der Waals surface area contributed by atoms with Gasteiger partial charge in [-0.05, 0) is 85.0 Å². The molecule has 50 heavy (non-hydrogen) atoms. The van der Waals surface area contributed by atoms with Gasteiger partial charge in [0.25, 0.3) is 0 Å². The Morgan fingerprint density at radius 1 is 0.320 bits per heavy atom. The third kappa shape index (κ3) is 11.6. The average Bonchev–Trinajstić information content (AvgIpc) is 3.98. The molecule has 6 aromatic rings. The largest absolute Gasteiger partial charge is 0.143 e. The molecule has 6 heteroatoms. The Kier molecular flexibility index (Phi) is 16.0. The molecule has 0 aliphatic rings. The molecule has 0 saturated heterocycles. The number of hydrogen-bond acceptors (Lipinski definition) is 6. The van der Waals surface area contributed by atoms with Gasteiger partial charge in [0.05, 0.1) is 0 Å². The standard InChI is InChI=1S/C44H54S6/c1-2-3-4-5-6-7-8-9-10-11-12-13-14-15-16-17-18-19-21-34-23-24-37(46-34)38-27-28-41(48-38)42-31-32-44(50-42)43-30-29-40(49-43)39-26-25-36(47-39)35-22-20-33-45-35/h20,22-33H,2-19,21H2,1H3. The fourth-order valence-electron chi connectivity index (χ4n) is 6.68. The Morgan fingerprint density at radius 2 is 0.640 bits per heavy atom. The Hall–Kier alpha value is -1.80. The minimum absolute atomic E-state index is 1.24. The van der Waals surface area contributed by atoms with Crippen LogP contribution >= 0.6 is 68.0 Å². The number of aryl methyl sites for hydroxylation is 1. The van der Waals surface area contributed by atoms with Crippen molar-refractivity contribution in [2.24, 2.45) is 0 Å². The molecular formula is C44H54S6. The van der Waals surface area contributed by atoms with Crippen LogP contribution in [0.4, 0.5) is 0 Å². The third-order valence-electron chi connectivity index (χ3n) is 9.60. The van der Waals surface area contributed by atoms with Crippen molar-refractivity contribution in [3.05, 3.63) is 83.1 Å². The molecule has 0 spiro atoms. The van der Waals surface area contributed by atoms with Crippen molar-refractivity contribution in [1.82, 2.24) is 0 Å². The summed E-state index contributed by atoms with van der Waals surface area (Å²) in [6.07, 6.45) is 27.1. The minimum atomic E-state index is 1.24. The second-order valence-electron chi connectivity index (χ2n) is 13.7. The topological polar surface area (TPSA) is 0 Å². The normalized spacial score (nSPS) is 11.6. The van der Waals surface area contributed by atoms with Gasteiger partial charge in [0.1, 0.15) is 0 Å². The van der Waals surface area contributed by atoms with Crippen molar-refractivity contribution < 1.29 is 0 Å². The van der Waals surface area contributed by atoms with E-state index in [1.54, 1.807) is 4.88 Å². The summed E-state index contributed by atoms with van der Waals surface area (Å²) in [6.45, 7) is 2.30. The maximum Gasteiger partial charge on any atom is 0.0449 e. The third-order valence-corrected chi connectivity index (χ3v) is 16.9. The van der Waals surface area contributed by atoms with Crippen LogP contribution in [0.2, 0.25) is 0 Å². The smallest absolute Gasteiger partial charge is 0.0449 e. The lowest BCUT2D eigenvalue weighted by Crippen LogP contribution is -1.85. The lowest BCUT2D eigenvalue weighted by Gasteiger charge is -2.04. The van der Waals surface area contributed by atoms with Crippen LogP contribution in [0.5, 0.6) is 0 Å². The zero-order chi connectivity index (χ0) is 34.2. The van der Waals surface area contributed by atoms with E-state index < -0.39 is 0 Å². The summed E-state index contributed by atoms with van der Waals surface area (Å²) in [5.74, 6) is 0. The van der Waals surface area contributed by atoms with Crippen LogP contribution in [0.15, 0.2) is 78.2 Å². The maximum absolute atomic E-state index is 2.38. The van der Waals surface area contributed by atoms with Gasteiger partial charge in [0.15, 0.2) is 0 Å². The SMILES string of the molecule is CCCCCCCCCCCCCCCCCCCCc1ccc(-c2ccc(-c3ccc(-c4ccc(-c5ccc(-c6cccs6)s5)s4)s3)s2)s1. The number of unbranched alkanes of at least 4 members (excludes halogenated alkanes) is 17. The average molecular weight is 775 g/mol. The van der Waals surface area contributed by atoms with Gasteiger partial charge in [-0.15, -0.1) is 68.0 Å². The molecule has 0 aliphatic carbocycles. The molecule has 0 saturated carbocycles. The molecule has 0 aliphatic heterocycles. The van der Waals surface area contributed by atoms with E-state index in [0.717, 1.165) is 0 Å². The highest BCUT2D eigenvalue weighted by Crippen LogP contribution is 2.45. The van der Waals surface area contributed by atoms with Crippen LogP contribution in [-0.4, -0.2) is 0 Å². The fourth-order valence-corrected chi connectivity index (χ4v) is 12.9. The Bertz CT molecular complexity index is 1770. The van der Waals surface area contributed by atoms with E-state index in [0.29, 0.717) is 0 Å². The molecule has 0 N–H and O–H groups in total. The molecule has 0 aromatic carbocycles. The van der Waals surface area contributed by atoms with Crippen LogP contribution < -0.4 is 0 Å². The summed E-state index contributed by atoms with van der Waals surface area (Å²) in [7, 11) is 0. The molecule has 6 rings (SSSR count). The van der Waals surface area contributed by atoms with Gasteiger partial charge in [-0.2, -0.15) is 0 Å². The van der Waals surface area contributed by atoms with Gasteiger partial charge >= 0.3 is 0 Å². The van der Waals surface area contributed by atoms with Gasteiger partial charge < -0.3 is 0 Å². The van der Waals surface area contributed by atoms with Crippen LogP contribution in [0.1, 0.15) is 127 Å². The molecule has 0 atom stereocenters. The van der Waals surface area contributed by atoms with Crippen LogP contribution in [0.3, 0.4) is 0 Å². The zero-order valence-electron chi connectivity index (χ0n) is 29.9. The molecular weight excluding hydrogens is 721 g/mol. The van der Waals surface area contributed by atoms with Crippen LogP contribution in [0.25, 0.3) is 48.8 Å². The molecule has 266 valence electrons. The monoisotopic (exact) mass is 774 g/mol. The summed E-state index contributed by atoms with van der Waals surface area (Å²) in [5.41, 5.74) is 0. The maximum atomic E-state index is 2.38. The van der Waals surface area contributed by atoms with Crippen molar-refractivity contribution >= 4 is 68.0 Å². The van der Waals surface area contributed by atoms with Gasteiger partial charge in [-0.1, -0.05) is 122 Å². The van der Waals surface area contributed by atoms with E-state index in [-0.39, 0.29) is 0 Å². The van der Waals surface area contributed by atoms with E-state index in [4.69, 9.17) is 0 Å². The van der Waals surface area contributed by atoms with E-state index in [2.05, 4.69) is 85.1 Å². The van der Waals surface area contributed by atoms with Gasteiger partial charge in [-0.25, -0.2) is 0 Å². The molecule has 0 bridgehead atoms. The molecule has 0 nitrogen and oxygen atoms in total. The predicted molar refractivity (Wildman–Crippen MR) is 233 cm³/mol. The lowest BCUT2D eigenvalue weighted by molar-refractivity contribution is 0.525. The van der Waals surface area contributed by atoms with E-state index in [1.165, 1.54) is 171 Å². The Labute approximate surface area is 326 Å². The Morgan fingerprint density at radius 3 is 1.00 bits per heavy atom. The fraction of sp³-hybridized carbons (Fsp3) is 0.455. The van der Waals surface area contributed by atoms with Gasteiger partial charge in [-0.3, -0.25) is 0 Å². The molecule has 0 unspecified atom stereocenters. The van der Waals surface area contributed by atoms with Crippen molar-refractivity contribution in [3.63, 3.8) is 0 Å². The van der Waals surface area contributed by atoms with Gasteiger partial charge in [0, 0.05) is 53.6 Å². The zero-order valence-corrected chi connectivity index (χ0v) is 34.8. The highest BCUT2D eigenvalue weighted by molar-refractivity contribution is 7.30. The number of hydrogen-bond donors (Lipinski definition) is 0. The summed E-state index contributed by atoms with van der Waals surface area (Å²) < 4.78 is 0. The minimum Gasteiger partial charge on any atom is -0.143 e. The first kappa shape index (κ1) is 37.9. The molecule has 0 amide bonds. The van der Waals surface area contributed by atoms with Gasteiger partial charge in [0.2, 0.25) is 0 Å². The molecule has 6 heterocycles. The lowest BCUT2D eigenvalue weighted by atomic mass is 10.0. The summed E-state index contributed by atoms with van der Waals surface area (Å²) >= 11 is 11.5. The second-order valence-corrected chi connectivity index (χ2v) is 20.1. The van der Waals surface area contributed by atoms with Crippen molar-refractivity contribution in [3.8, 4) is 48.8 Å². The first-order valence-corrected chi connectivity index (χ1v) is 24.3. The Balaban J connectivity index is 0.846. The van der Waals surface area contributed by atoms with Crippen molar-refractivity contribution in [2.45, 2.75) is 129 Å². The van der Waals surface area contributed by atoms with Crippen LogP contribution in [-0.2, 0) is 6.42 Å². The number of thiophene rings is 6. The number of rotatable bonds is 24. The molecule has 0 fully saturated rings. The summed E-state index contributed by atoms with van der Waals surface area (Å²) in [5, 5.41) is 2.16. The quantitative estimate of drug-likeness (QED) is 0.0537. The predicted octanol–water partition coefficient (Wildman–Crippen LogP) is 18.0. The molecule has 6 aromatic heterocycles. The van der Waals surface area contributed by atoms with E-state index in [1.807, 2.05) is 68.0 Å². The van der Waals surface area contributed by atoms with Crippen molar-refractivity contribution in [1.29, 1.82) is 0 Å². The highest BCUT2D eigenvalue weighted by Gasteiger charge is 2.13. The van der Waals surface area contributed by atoms with Crippen molar-refractivity contribution in [2.75, 3.05) is 0 Å². The second kappa shape index (κ2) is 21.0. The van der Waals surface area contributed by atoms with Crippen LogP contribution in [0, 0.1) is 0 Å². The highest BCUT2D eigenvalue weighted by atomic mass is 32.1. The van der Waals surface area contributed by atoms with E-state index >= 15 is 0 Å². The first-order valence-electron chi connectivity index (χ1n) is 19.3. The van der Waals surface area contributed by atoms with E-state index in [9.17, 15) is 0 Å². The molecule has 0 radical (unpaired) electrons. The summed E-state index contributed by atoms with van der Waals surface area (Å²) in [6, 6.07) is 27.5. The first-order chi connectivity index (χ1) is 24.8.